The van der Waals surface area contributed by atoms with E-state index in [0.717, 1.165) is 0 Å². The van der Waals surface area contributed by atoms with Crippen LogP contribution in [0, 0.1) is 0 Å². The first-order chi connectivity index (χ1) is 18.1. The predicted molar refractivity (Wildman–Crippen MR) is 144 cm³/mol. The number of urea groups is 1. The van der Waals surface area contributed by atoms with Gasteiger partial charge in [-0.15, -0.1) is 0 Å². The number of carbonyl (C=O) groups is 2. The fraction of sp³-hybridized carbons (Fsp3) is 0.259. The average Bonchev–Trinajstić information content (AvgIpc) is 2.89. The van der Waals surface area contributed by atoms with Crippen molar-refractivity contribution in [1.82, 2.24) is 5.32 Å². The van der Waals surface area contributed by atoms with Crippen LogP contribution < -0.4 is 10.6 Å². The van der Waals surface area contributed by atoms with Crippen molar-refractivity contribution in [3.63, 3.8) is 0 Å². The van der Waals surface area contributed by atoms with Gasteiger partial charge in [0.15, 0.2) is 9.84 Å². The number of amides is 2. The van der Waals surface area contributed by atoms with Gasteiger partial charge in [0.25, 0.3) is 0 Å². The second kappa shape index (κ2) is 12.7. The molecule has 0 bridgehead atoms. The van der Waals surface area contributed by atoms with Gasteiger partial charge in [0.05, 0.1) is 33.5 Å². The van der Waals surface area contributed by atoms with Crippen LogP contribution in [0.4, 0.5) is 10.5 Å². The lowest BCUT2D eigenvalue weighted by molar-refractivity contribution is -0.143. The number of anilines is 1. The summed E-state index contributed by atoms with van der Waals surface area (Å²) in [6.45, 7) is 4.09. The second-order valence-corrected chi connectivity index (χ2v) is 12.4. The van der Waals surface area contributed by atoms with Gasteiger partial charge in [-0.2, -0.15) is 0 Å². The summed E-state index contributed by atoms with van der Waals surface area (Å²) in [5, 5.41) is 5.17. The van der Waals surface area contributed by atoms with Crippen molar-refractivity contribution in [3.8, 4) is 0 Å². The molecule has 0 aliphatic heterocycles. The van der Waals surface area contributed by atoms with Crippen LogP contribution in [-0.4, -0.2) is 47.7 Å². The molecule has 9 nitrogen and oxygen atoms in total. The van der Waals surface area contributed by atoms with E-state index in [1.54, 1.807) is 44.2 Å². The number of esters is 1. The van der Waals surface area contributed by atoms with Gasteiger partial charge >= 0.3 is 12.0 Å². The number of nitrogens with one attached hydrogen (secondary N) is 2. The highest BCUT2D eigenvalue weighted by Gasteiger charge is 2.26. The molecule has 0 aliphatic rings. The summed E-state index contributed by atoms with van der Waals surface area (Å²) in [6.07, 6.45) is -0.103. The van der Waals surface area contributed by atoms with Gasteiger partial charge in [0.1, 0.15) is 0 Å². The van der Waals surface area contributed by atoms with Crippen LogP contribution in [0.15, 0.2) is 93.5 Å². The Morgan fingerprint density at radius 2 is 1.34 bits per heavy atom. The Morgan fingerprint density at radius 1 is 0.789 bits per heavy atom. The monoisotopic (exact) mass is 558 g/mol. The van der Waals surface area contributed by atoms with Crippen LogP contribution >= 0.6 is 0 Å². The van der Waals surface area contributed by atoms with Gasteiger partial charge in [-0.05, 0) is 67.9 Å². The molecule has 2 N–H and O–H groups in total. The number of sulfone groups is 2. The van der Waals surface area contributed by atoms with E-state index in [4.69, 9.17) is 4.74 Å². The van der Waals surface area contributed by atoms with E-state index >= 15 is 0 Å². The average molecular weight is 559 g/mol. The molecule has 0 heterocycles. The third-order valence-corrected chi connectivity index (χ3v) is 9.28. The van der Waals surface area contributed by atoms with Crippen molar-refractivity contribution in [1.29, 1.82) is 0 Å². The maximum Gasteiger partial charge on any atom is 0.319 e. The molecule has 0 aromatic heterocycles. The zero-order chi connectivity index (χ0) is 27.8. The summed E-state index contributed by atoms with van der Waals surface area (Å²) < 4.78 is 57.6. The minimum absolute atomic E-state index is 0.00636. The van der Waals surface area contributed by atoms with E-state index in [1.807, 2.05) is 0 Å². The molecular formula is C27H30N2O7S2. The fourth-order valence-electron chi connectivity index (χ4n) is 3.80. The molecule has 3 rings (SSSR count). The van der Waals surface area contributed by atoms with E-state index in [0.29, 0.717) is 17.8 Å². The molecule has 0 radical (unpaired) electrons. The van der Waals surface area contributed by atoms with Crippen LogP contribution in [0.5, 0.6) is 0 Å². The Balaban J connectivity index is 1.80. The molecule has 1 atom stereocenters. The Hall–Kier alpha value is -3.70. The number of hydrogen-bond acceptors (Lipinski definition) is 7. The number of ether oxygens (including phenoxy) is 1. The highest BCUT2D eigenvalue weighted by atomic mass is 32.2. The molecule has 3 aromatic rings. The number of hydrogen-bond donors (Lipinski definition) is 2. The maximum atomic E-state index is 13.2. The van der Waals surface area contributed by atoms with E-state index < -0.39 is 37.6 Å². The van der Waals surface area contributed by atoms with E-state index in [1.165, 1.54) is 48.5 Å². The molecule has 202 valence electrons. The van der Waals surface area contributed by atoms with Crippen molar-refractivity contribution in [3.05, 3.63) is 84.4 Å². The zero-order valence-electron chi connectivity index (χ0n) is 21.1. The summed E-state index contributed by atoms with van der Waals surface area (Å²) in [4.78, 5) is 23.6. The largest absolute Gasteiger partial charge is 0.466 e. The molecule has 0 saturated heterocycles. The Labute approximate surface area is 223 Å². The molecule has 0 saturated carbocycles. The van der Waals surface area contributed by atoms with Crippen LogP contribution in [0.2, 0.25) is 0 Å². The quantitative estimate of drug-likeness (QED) is 0.337. The van der Waals surface area contributed by atoms with Crippen molar-refractivity contribution >= 4 is 37.4 Å². The van der Waals surface area contributed by atoms with E-state index in [-0.39, 0.29) is 33.5 Å². The lowest BCUT2D eigenvalue weighted by Gasteiger charge is -2.17. The number of benzene rings is 3. The molecular weight excluding hydrogens is 528 g/mol. The second-order valence-electron chi connectivity index (χ2n) is 8.38. The van der Waals surface area contributed by atoms with Crippen molar-refractivity contribution < 1.29 is 31.2 Å². The summed E-state index contributed by atoms with van der Waals surface area (Å²) in [7, 11) is -7.80. The summed E-state index contributed by atoms with van der Waals surface area (Å²) in [5.74, 6) is -1.47. The van der Waals surface area contributed by atoms with Crippen LogP contribution in [-0.2, 0) is 29.2 Å². The first-order valence-electron chi connectivity index (χ1n) is 12.0. The van der Waals surface area contributed by atoms with Gasteiger partial charge < -0.3 is 15.4 Å². The van der Waals surface area contributed by atoms with Crippen LogP contribution in [0.25, 0.3) is 0 Å². The minimum atomic E-state index is -3.93. The third-order valence-electron chi connectivity index (χ3n) is 5.66. The standard InChI is InChI=1S/C27H30N2O7S2/c1-3-28-27(31)29-22-10-12-24(13-11-22)38(34,35)25-16-14-23(15-17-25)37(32,33)19-21(18-26(30)36-4-2)20-8-6-5-7-9-20/h5-17,21H,3-4,18-19H2,1-2H3,(H2,28,29,31). The minimum Gasteiger partial charge on any atom is -0.466 e. The van der Waals surface area contributed by atoms with E-state index in [2.05, 4.69) is 10.6 Å². The summed E-state index contributed by atoms with van der Waals surface area (Å²) in [6, 6.07) is 19.1. The topological polar surface area (TPSA) is 136 Å². The van der Waals surface area contributed by atoms with Crippen LogP contribution in [0.3, 0.4) is 0 Å². The van der Waals surface area contributed by atoms with Gasteiger partial charge in [0.2, 0.25) is 9.84 Å². The third kappa shape index (κ3) is 7.42. The van der Waals surface area contributed by atoms with Gasteiger partial charge in [0, 0.05) is 18.2 Å². The lowest BCUT2D eigenvalue weighted by Crippen LogP contribution is -2.28. The molecule has 38 heavy (non-hydrogen) atoms. The summed E-state index contributed by atoms with van der Waals surface area (Å²) >= 11 is 0. The zero-order valence-corrected chi connectivity index (χ0v) is 22.7. The first kappa shape index (κ1) is 28.9. The molecule has 0 aliphatic carbocycles. The maximum absolute atomic E-state index is 13.2. The number of rotatable bonds is 11. The Kier molecular flexibility index (Phi) is 9.65. The smallest absolute Gasteiger partial charge is 0.319 e. The van der Waals surface area contributed by atoms with Crippen LogP contribution in [0.1, 0.15) is 31.7 Å². The van der Waals surface area contributed by atoms with Gasteiger partial charge in [-0.1, -0.05) is 30.3 Å². The highest BCUT2D eigenvalue weighted by Crippen LogP contribution is 2.28. The van der Waals surface area contributed by atoms with Gasteiger partial charge in [-0.3, -0.25) is 4.79 Å². The van der Waals surface area contributed by atoms with E-state index in [9.17, 15) is 26.4 Å². The lowest BCUT2D eigenvalue weighted by atomic mass is 9.98. The molecule has 0 fully saturated rings. The fourth-order valence-corrected chi connectivity index (χ4v) is 6.64. The summed E-state index contributed by atoms with van der Waals surface area (Å²) in [5.41, 5.74) is 1.11. The Bertz CT molecular complexity index is 1450. The molecule has 11 heteroatoms. The Morgan fingerprint density at radius 3 is 1.89 bits per heavy atom. The van der Waals surface area contributed by atoms with Gasteiger partial charge in [-0.25, -0.2) is 21.6 Å². The molecule has 3 aromatic carbocycles. The van der Waals surface area contributed by atoms with Crippen molar-refractivity contribution in [2.75, 3.05) is 24.2 Å². The predicted octanol–water partition coefficient (Wildman–Crippen LogP) is 4.17. The molecule has 0 spiro atoms. The van der Waals surface area contributed by atoms with Crippen molar-refractivity contribution in [2.45, 2.75) is 40.9 Å². The normalized spacial score (nSPS) is 12.4. The SMILES string of the molecule is CCNC(=O)Nc1ccc(S(=O)(=O)c2ccc(S(=O)(=O)CC(CC(=O)OCC)c3ccccc3)cc2)cc1. The molecule has 1 unspecified atom stereocenters. The highest BCUT2D eigenvalue weighted by molar-refractivity contribution is 7.92. The number of carbonyl (C=O) groups excluding carboxylic acids is 2. The molecule has 2 amide bonds. The first-order valence-corrected chi connectivity index (χ1v) is 15.1. The van der Waals surface area contributed by atoms with Crippen molar-refractivity contribution in [2.24, 2.45) is 0 Å².